The molecule has 44 valence electrons. The molecule has 0 aromatic carbocycles. The van der Waals surface area contributed by atoms with Crippen LogP contribution in [0.4, 0.5) is 0 Å². The number of hydrogen-bond acceptors (Lipinski definition) is 1. The van der Waals surface area contributed by atoms with Crippen molar-refractivity contribution < 1.29 is 4.79 Å². The summed E-state index contributed by atoms with van der Waals surface area (Å²) in [6.45, 7) is 4.49. The molecule has 0 saturated carbocycles. The summed E-state index contributed by atoms with van der Waals surface area (Å²) < 4.78 is 0. The molecule has 0 saturated heterocycles. The van der Waals surface area contributed by atoms with Crippen LogP contribution >= 0.6 is 0 Å². The number of rotatable bonds is 2. The summed E-state index contributed by atoms with van der Waals surface area (Å²) >= 11 is 0. The van der Waals surface area contributed by atoms with Crippen LogP contribution in [-0.2, 0) is 4.79 Å². The van der Waals surface area contributed by atoms with Crippen molar-refractivity contribution in [3.63, 3.8) is 0 Å². The van der Waals surface area contributed by atoms with Crippen molar-refractivity contribution in [2.45, 2.75) is 20.3 Å². The van der Waals surface area contributed by atoms with Crippen molar-refractivity contribution in [1.29, 1.82) is 0 Å². The van der Waals surface area contributed by atoms with Crippen molar-refractivity contribution in [1.82, 2.24) is 5.32 Å². The maximum absolute atomic E-state index is 10.3. The SMILES string of the molecule is CCNC(=O)CC.[NaH]. The van der Waals surface area contributed by atoms with Gasteiger partial charge in [0.25, 0.3) is 0 Å². The molecule has 0 aliphatic rings. The first kappa shape index (κ1) is 11.3. The first-order valence-electron chi connectivity index (χ1n) is 2.58. The fourth-order valence-corrected chi connectivity index (χ4v) is 0.322. The van der Waals surface area contributed by atoms with Crippen LogP contribution in [0, 0.1) is 0 Å². The van der Waals surface area contributed by atoms with Crippen LogP contribution in [0.2, 0.25) is 0 Å². The molecule has 2 nitrogen and oxygen atoms in total. The van der Waals surface area contributed by atoms with Gasteiger partial charge in [-0.3, -0.25) is 4.79 Å². The van der Waals surface area contributed by atoms with E-state index in [0.29, 0.717) is 6.42 Å². The van der Waals surface area contributed by atoms with Gasteiger partial charge in [-0.25, -0.2) is 0 Å². The Labute approximate surface area is 72.3 Å². The van der Waals surface area contributed by atoms with Crippen molar-refractivity contribution in [3.05, 3.63) is 0 Å². The molecule has 0 spiro atoms. The predicted octanol–water partition coefficient (Wildman–Crippen LogP) is -0.116. The molecule has 0 heterocycles. The van der Waals surface area contributed by atoms with Gasteiger partial charge >= 0.3 is 29.6 Å². The van der Waals surface area contributed by atoms with Crippen molar-refractivity contribution in [3.8, 4) is 0 Å². The van der Waals surface area contributed by atoms with E-state index >= 15 is 0 Å². The second kappa shape index (κ2) is 7.47. The van der Waals surface area contributed by atoms with E-state index < -0.39 is 0 Å². The average molecular weight is 125 g/mol. The third-order valence-corrected chi connectivity index (χ3v) is 0.695. The number of carbonyl (C=O) groups excluding carboxylic acids is 1. The monoisotopic (exact) mass is 125 g/mol. The molecule has 0 atom stereocenters. The van der Waals surface area contributed by atoms with Crippen molar-refractivity contribution in [2.24, 2.45) is 0 Å². The minimum absolute atomic E-state index is 0. The third kappa shape index (κ3) is 6.47. The first-order chi connectivity index (χ1) is 3.31. The second-order valence-electron chi connectivity index (χ2n) is 1.31. The fourth-order valence-electron chi connectivity index (χ4n) is 0.322. The molecule has 0 radical (unpaired) electrons. The molecule has 3 heteroatoms. The number of hydrogen-bond donors (Lipinski definition) is 1. The molecule has 0 fully saturated rings. The molecule has 0 aliphatic carbocycles. The predicted molar refractivity (Wildman–Crippen MR) is 36.1 cm³/mol. The maximum atomic E-state index is 10.3. The Kier molecular flexibility index (Phi) is 10.5. The fraction of sp³-hybridized carbons (Fsp3) is 0.800. The summed E-state index contributed by atoms with van der Waals surface area (Å²) in [7, 11) is 0. The number of amides is 1. The van der Waals surface area contributed by atoms with Gasteiger partial charge in [0, 0.05) is 13.0 Å². The molecule has 0 unspecified atom stereocenters. The zero-order chi connectivity index (χ0) is 5.70. The third-order valence-electron chi connectivity index (χ3n) is 0.695. The van der Waals surface area contributed by atoms with Crippen LogP contribution in [0.1, 0.15) is 20.3 Å². The van der Waals surface area contributed by atoms with E-state index in [4.69, 9.17) is 0 Å². The van der Waals surface area contributed by atoms with Crippen molar-refractivity contribution in [2.75, 3.05) is 6.54 Å². The minimum atomic E-state index is 0. The summed E-state index contributed by atoms with van der Waals surface area (Å²) in [4.78, 5) is 10.3. The Hall–Kier alpha value is 0.470. The van der Waals surface area contributed by atoms with Gasteiger partial charge in [0.05, 0.1) is 0 Å². The Morgan fingerprint density at radius 1 is 1.50 bits per heavy atom. The summed E-state index contributed by atoms with van der Waals surface area (Å²) in [5.74, 6) is 0.127. The molecule has 0 aliphatic heterocycles. The van der Waals surface area contributed by atoms with E-state index in [-0.39, 0.29) is 35.5 Å². The number of nitrogens with one attached hydrogen (secondary N) is 1. The van der Waals surface area contributed by atoms with Crippen LogP contribution in [0.25, 0.3) is 0 Å². The molecule has 0 bridgehead atoms. The molecule has 0 aromatic heterocycles. The average Bonchev–Trinajstić information content (AvgIpc) is 1.68. The first-order valence-corrected chi connectivity index (χ1v) is 2.58. The summed E-state index contributed by atoms with van der Waals surface area (Å²) in [5.41, 5.74) is 0. The topological polar surface area (TPSA) is 29.1 Å². The molecule has 8 heavy (non-hydrogen) atoms. The van der Waals surface area contributed by atoms with Gasteiger partial charge in [-0.15, -0.1) is 0 Å². The normalized spacial score (nSPS) is 7.25. The van der Waals surface area contributed by atoms with Crippen LogP contribution < -0.4 is 5.32 Å². The molecular weight excluding hydrogens is 113 g/mol. The molecular formula is C5H12NNaO. The van der Waals surface area contributed by atoms with E-state index in [0.717, 1.165) is 6.54 Å². The van der Waals surface area contributed by atoms with Gasteiger partial charge < -0.3 is 5.32 Å². The van der Waals surface area contributed by atoms with Gasteiger partial charge in [0.2, 0.25) is 5.91 Å². The van der Waals surface area contributed by atoms with E-state index in [1.807, 2.05) is 13.8 Å². The van der Waals surface area contributed by atoms with Crippen LogP contribution in [0.15, 0.2) is 0 Å². The van der Waals surface area contributed by atoms with Gasteiger partial charge in [-0.05, 0) is 6.92 Å². The van der Waals surface area contributed by atoms with E-state index in [1.54, 1.807) is 0 Å². The van der Waals surface area contributed by atoms with Gasteiger partial charge in [0.1, 0.15) is 0 Å². The van der Waals surface area contributed by atoms with Gasteiger partial charge in [0.15, 0.2) is 0 Å². The van der Waals surface area contributed by atoms with Gasteiger partial charge in [-0.1, -0.05) is 6.92 Å². The van der Waals surface area contributed by atoms with Crippen LogP contribution in [0.3, 0.4) is 0 Å². The summed E-state index contributed by atoms with van der Waals surface area (Å²) in [6.07, 6.45) is 0.591. The molecule has 0 rings (SSSR count). The Bertz CT molecular complexity index is 65.4. The Balaban J connectivity index is 0. The standard InChI is InChI=1S/C5H11NO.Na.H/c1-3-5(7)6-4-2;;/h3-4H2,1-2H3,(H,6,7);;. The second-order valence-corrected chi connectivity index (χ2v) is 1.31. The molecule has 1 N–H and O–H groups in total. The molecule has 1 amide bonds. The van der Waals surface area contributed by atoms with Crippen LogP contribution in [0.5, 0.6) is 0 Å². The summed E-state index contributed by atoms with van der Waals surface area (Å²) in [6, 6.07) is 0. The van der Waals surface area contributed by atoms with Crippen LogP contribution in [-0.4, -0.2) is 42.0 Å². The van der Waals surface area contributed by atoms with Gasteiger partial charge in [-0.2, -0.15) is 0 Å². The van der Waals surface area contributed by atoms with E-state index in [2.05, 4.69) is 5.32 Å². The summed E-state index contributed by atoms with van der Waals surface area (Å²) in [5, 5.41) is 2.66. The Morgan fingerprint density at radius 2 is 2.00 bits per heavy atom. The Morgan fingerprint density at radius 3 is 2.12 bits per heavy atom. The van der Waals surface area contributed by atoms with E-state index in [9.17, 15) is 4.79 Å². The quantitative estimate of drug-likeness (QED) is 0.512. The van der Waals surface area contributed by atoms with Crippen molar-refractivity contribution >= 4 is 35.5 Å². The zero-order valence-corrected chi connectivity index (χ0v) is 4.82. The molecule has 0 aromatic rings. The zero-order valence-electron chi connectivity index (χ0n) is 4.82. The van der Waals surface area contributed by atoms with E-state index in [1.165, 1.54) is 0 Å². The number of carbonyl (C=O) groups is 1.